The van der Waals surface area contributed by atoms with E-state index < -0.39 is 0 Å². The number of alkyl halides is 1. The standard InChI is InChI=1S/C12H22BrNO/c1-2-14(10-11-6-5-7-11)12(15)8-3-4-9-13/h11H,2-10H2,1H3. The van der Waals surface area contributed by atoms with Gasteiger partial charge in [0.25, 0.3) is 0 Å². The summed E-state index contributed by atoms with van der Waals surface area (Å²) in [7, 11) is 0. The van der Waals surface area contributed by atoms with E-state index in [1.807, 2.05) is 4.90 Å². The first-order valence-corrected chi connectivity index (χ1v) is 7.23. The van der Waals surface area contributed by atoms with Crippen LogP contribution in [0.2, 0.25) is 0 Å². The predicted octanol–water partition coefficient (Wildman–Crippen LogP) is 3.20. The van der Waals surface area contributed by atoms with E-state index in [0.717, 1.165) is 43.6 Å². The van der Waals surface area contributed by atoms with Crippen LogP contribution in [0.15, 0.2) is 0 Å². The highest BCUT2D eigenvalue weighted by atomic mass is 79.9. The molecule has 1 aliphatic carbocycles. The SMILES string of the molecule is CCN(CC1CCC1)C(=O)CCCCBr. The number of unbranched alkanes of at least 4 members (excludes halogenated alkanes) is 1. The fourth-order valence-corrected chi connectivity index (χ4v) is 2.32. The fourth-order valence-electron chi connectivity index (χ4n) is 1.92. The predicted molar refractivity (Wildman–Crippen MR) is 67.2 cm³/mol. The zero-order valence-electron chi connectivity index (χ0n) is 9.67. The molecule has 0 spiro atoms. The molecule has 0 aromatic heterocycles. The third-order valence-electron chi connectivity index (χ3n) is 3.21. The van der Waals surface area contributed by atoms with E-state index in [-0.39, 0.29) is 0 Å². The fraction of sp³-hybridized carbons (Fsp3) is 0.917. The molecule has 0 aliphatic heterocycles. The first-order valence-electron chi connectivity index (χ1n) is 6.11. The van der Waals surface area contributed by atoms with E-state index in [1.165, 1.54) is 19.3 Å². The minimum absolute atomic E-state index is 0.352. The maximum atomic E-state index is 11.8. The van der Waals surface area contributed by atoms with Crippen molar-refractivity contribution in [1.29, 1.82) is 0 Å². The number of hydrogen-bond acceptors (Lipinski definition) is 1. The van der Waals surface area contributed by atoms with E-state index >= 15 is 0 Å². The lowest BCUT2D eigenvalue weighted by Gasteiger charge is -2.31. The van der Waals surface area contributed by atoms with Crippen LogP contribution in [-0.2, 0) is 4.79 Å². The summed E-state index contributed by atoms with van der Waals surface area (Å²) < 4.78 is 0. The van der Waals surface area contributed by atoms with E-state index in [2.05, 4.69) is 22.9 Å². The molecule has 0 aromatic rings. The van der Waals surface area contributed by atoms with Crippen molar-refractivity contribution in [2.75, 3.05) is 18.4 Å². The molecule has 3 heteroatoms. The first kappa shape index (κ1) is 13.0. The molecule has 0 aromatic carbocycles. The molecule has 0 N–H and O–H groups in total. The Morgan fingerprint density at radius 1 is 1.40 bits per heavy atom. The van der Waals surface area contributed by atoms with E-state index in [9.17, 15) is 4.79 Å². The van der Waals surface area contributed by atoms with Gasteiger partial charge in [-0.15, -0.1) is 0 Å². The lowest BCUT2D eigenvalue weighted by atomic mass is 9.85. The third kappa shape index (κ3) is 4.54. The number of hydrogen-bond donors (Lipinski definition) is 0. The molecule has 88 valence electrons. The van der Waals surface area contributed by atoms with Crippen LogP contribution in [0, 0.1) is 5.92 Å². The van der Waals surface area contributed by atoms with Gasteiger partial charge in [-0.25, -0.2) is 0 Å². The van der Waals surface area contributed by atoms with Gasteiger partial charge in [-0.1, -0.05) is 22.4 Å². The molecule has 1 aliphatic rings. The normalized spacial score (nSPS) is 16.1. The number of amides is 1. The molecule has 2 nitrogen and oxygen atoms in total. The molecule has 1 fully saturated rings. The Morgan fingerprint density at radius 2 is 2.13 bits per heavy atom. The number of nitrogens with zero attached hydrogens (tertiary/aromatic N) is 1. The third-order valence-corrected chi connectivity index (χ3v) is 3.77. The van der Waals surface area contributed by atoms with Crippen LogP contribution in [0.1, 0.15) is 45.4 Å². The van der Waals surface area contributed by atoms with Gasteiger partial charge in [0.05, 0.1) is 0 Å². The number of halogens is 1. The highest BCUT2D eigenvalue weighted by molar-refractivity contribution is 9.09. The van der Waals surface area contributed by atoms with Gasteiger partial charge in [0.15, 0.2) is 0 Å². The minimum atomic E-state index is 0.352. The molecule has 0 saturated heterocycles. The van der Waals surface area contributed by atoms with Crippen molar-refractivity contribution in [3.05, 3.63) is 0 Å². The molecule has 1 saturated carbocycles. The summed E-state index contributed by atoms with van der Waals surface area (Å²) >= 11 is 3.39. The topological polar surface area (TPSA) is 20.3 Å². The van der Waals surface area contributed by atoms with Gasteiger partial charge in [-0.05, 0) is 38.5 Å². The summed E-state index contributed by atoms with van der Waals surface area (Å²) in [5.74, 6) is 1.15. The minimum Gasteiger partial charge on any atom is -0.343 e. The van der Waals surface area contributed by atoms with Crippen molar-refractivity contribution in [1.82, 2.24) is 4.90 Å². The summed E-state index contributed by atoms with van der Waals surface area (Å²) in [6.45, 7) is 3.97. The summed E-state index contributed by atoms with van der Waals surface area (Å²) in [6.07, 6.45) is 6.86. The summed E-state index contributed by atoms with van der Waals surface area (Å²) in [5.41, 5.74) is 0. The van der Waals surface area contributed by atoms with E-state index in [0.29, 0.717) is 5.91 Å². The Morgan fingerprint density at radius 3 is 2.60 bits per heavy atom. The van der Waals surface area contributed by atoms with E-state index in [1.54, 1.807) is 0 Å². The van der Waals surface area contributed by atoms with Crippen LogP contribution in [0.3, 0.4) is 0 Å². The van der Waals surface area contributed by atoms with Crippen LogP contribution in [0.5, 0.6) is 0 Å². The van der Waals surface area contributed by atoms with Crippen LogP contribution in [0.4, 0.5) is 0 Å². The number of rotatable bonds is 7. The van der Waals surface area contributed by atoms with Crippen LogP contribution in [0.25, 0.3) is 0 Å². The molecular formula is C12H22BrNO. The second-order valence-electron chi connectivity index (χ2n) is 4.38. The van der Waals surface area contributed by atoms with Gasteiger partial charge in [0.1, 0.15) is 0 Å². The molecule has 0 unspecified atom stereocenters. The maximum Gasteiger partial charge on any atom is 0.222 e. The van der Waals surface area contributed by atoms with Crippen molar-refractivity contribution in [2.45, 2.75) is 45.4 Å². The van der Waals surface area contributed by atoms with Crippen molar-refractivity contribution >= 4 is 21.8 Å². The quantitative estimate of drug-likeness (QED) is 0.516. The highest BCUT2D eigenvalue weighted by Gasteiger charge is 2.22. The Bertz CT molecular complexity index is 192. The Kier molecular flexibility index (Phi) is 6.30. The van der Waals surface area contributed by atoms with Crippen molar-refractivity contribution < 1.29 is 4.79 Å². The van der Waals surface area contributed by atoms with Crippen LogP contribution >= 0.6 is 15.9 Å². The molecular weight excluding hydrogens is 254 g/mol. The van der Waals surface area contributed by atoms with Gasteiger partial charge in [0, 0.05) is 24.8 Å². The number of carbonyl (C=O) groups is 1. The van der Waals surface area contributed by atoms with Crippen LogP contribution in [-0.4, -0.2) is 29.2 Å². The zero-order valence-corrected chi connectivity index (χ0v) is 11.3. The second kappa shape index (κ2) is 7.26. The van der Waals surface area contributed by atoms with Gasteiger partial charge >= 0.3 is 0 Å². The first-order chi connectivity index (χ1) is 7.27. The van der Waals surface area contributed by atoms with Gasteiger partial charge in [-0.2, -0.15) is 0 Å². The van der Waals surface area contributed by atoms with Crippen molar-refractivity contribution in [2.24, 2.45) is 5.92 Å². The largest absolute Gasteiger partial charge is 0.343 e. The molecule has 0 heterocycles. The molecule has 0 radical (unpaired) electrons. The molecule has 0 atom stereocenters. The smallest absolute Gasteiger partial charge is 0.222 e. The Labute approximate surface area is 102 Å². The lowest BCUT2D eigenvalue weighted by molar-refractivity contribution is -0.132. The summed E-state index contributed by atoms with van der Waals surface area (Å²) in [6, 6.07) is 0. The second-order valence-corrected chi connectivity index (χ2v) is 5.17. The van der Waals surface area contributed by atoms with Crippen molar-refractivity contribution in [3.8, 4) is 0 Å². The van der Waals surface area contributed by atoms with Crippen molar-refractivity contribution in [3.63, 3.8) is 0 Å². The average Bonchev–Trinajstić information content (AvgIpc) is 2.16. The zero-order chi connectivity index (χ0) is 11.1. The van der Waals surface area contributed by atoms with Gasteiger partial charge < -0.3 is 4.90 Å². The average molecular weight is 276 g/mol. The number of carbonyl (C=O) groups excluding carboxylic acids is 1. The Hall–Kier alpha value is -0.0500. The summed E-state index contributed by atoms with van der Waals surface area (Å²) in [4.78, 5) is 13.9. The molecule has 0 bridgehead atoms. The highest BCUT2D eigenvalue weighted by Crippen LogP contribution is 2.27. The van der Waals surface area contributed by atoms with Gasteiger partial charge in [-0.3, -0.25) is 4.79 Å². The molecule has 1 rings (SSSR count). The van der Waals surface area contributed by atoms with Crippen LogP contribution < -0.4 is 0 Å². The summed E-state index contributed by atoms with van der Waals surface area (Å²) in [5, 5.41) is 1.01. The Balaban J connectivity index is 2.19. The van der Waals surface area contributed by atoms with E-state index in [4.69, 9.17) is 0 Å². The monoisotopic (exact) mass is 275 g/mol. The van der Waals surface area contributed by atoms with Gasteiger partial charge in [0.2, 0.25) is 5.91 Å². The maximum absolute atomic E-state index is 11.8. The molecule has 1 amide bonds. The molecule has 15 heavy (non-hydrogen) atoms. The lowest BCUT2D eigenvalue weighted by Crippen LogP contribution is -2.37.